The Bertz CT molecular complexity index is 951. The quantitative estimate of drug-likeness (QED) is 0.773. The maximum atomic E-state index is 6.12. The zero-order valence-electron chi connectivity index (χ0n) is 15.2. The van der Waals surface area contributed by atoms with E-state index in [1.54, 1.807) is 12.4 Å². The number of nitrogens with one attached hydrogen (secondary N) is 1. The van der Waals surface area contributed by atoms with Gasteiger partial charge in [0.25, 0.3) is 0 Å². The van der Waals surface area contributed by atoms with E-state index < -0.39 is 0 Å². The van der Waals surface area contributed by atoms with E-state index in [1.165, 1.54) is 11.1 Å². The minimum absolute atomic E-state index is 0.136. The second-order valence-electron chi connectivity index (χ2n) is 7.07. The minimum atomic E-state index is 0.136. The molecule has 27 heavy (non-hydrogen) atoms. The van der Waals surface area contributed by atoms with E-state index in [4.69, 9.17) is 14.7 Å². The van der Waals surface area contributed by atoms with Crippen LogP contribution in [0.2, 0.25) is 0 Å². The molecule has 0 radical (unpaired) electrons. The molecule has 0 amide bonds. The maximum Gasteiger partial charge on any atom is 0.161 e. The van der Waals surface area contributed by atoms with Crippen LogP contribution >= 0.6 is 0 Å². The number of rotatable bonds is 4. The van der Waals surface area contributed by atoms with Gasteiger partial charge in [-0.05, 0) is 23.8 Å². The summed E-state index contributed by atoms with van der Waals surface area (Å²) in [6, 6.07) is 12.2. The summed E-state index contributed by atoms with van der Waals surface area (Å²) in [4.78, 5) is 16.0. The summed E-state index contributed by atoms with van der Waals surface area (Å²) in [7, 11) is 2.09. The Morgan fingerprint density at radius 1 is 1.11 bits per heavy atom. The van der Waals surface area contributed by atoms with E-state index in [0.29, 0.717) is 0 Å². The van der Waals surface area contributed by atoms with Gasteiger partial charge in [-0.1, -0.05) is 18.2 Å². The SMILES string of the molecule is CN(CC1Cc2ccccc2O1)c1nc(-c2ccncc2)nc2c1CNC2. The molecule has 2 aromatic heterocycles. The Kier molecular flexibility index (Phi) is 3.98. The van der Waals surface area contributed by atoms with E-state index in [1.807, 2.05) is 24.3 Å². The third kappa shape index (κ3) is 3.02. The van der Waals surface area contributed by atoms with Gasteiger partial charge in [-0.25, -0.2) is 9.97 Å². The van der Waals surface area contributed by atoms with Crippen molar-refractivity contribution in [1.82, 2.24) is 20.3 Å². The Labute approximate surface area is 158 Å². The van der Waals surface area contributed by atoms with Gasteiger partial charge < -0.3 is 15.0 Å². The van der Waals surface area contributed by atoms with Gasteiger partial charge in [0.2, 0.25) is 0 Å². The third-order valence-corrected chi connectivity index (χ3v) is 5.16. The van der Waals surface area contributed by atoms with Crippen LogP contribution in [0.1, 0.15) is 16.8 Å². The summed E-state index contributed by atoms with van der Waals surface area (Å²) in [5, 5.41) is 3.40. The Morgan fingerprint density at radius 3 is 2.81 bits per heavy atom. The van der Waals surface area contributed by atoms with Gasteiger partial charge in [0, 0.05) is 50.1 Å². The first-order valence-corrected chi connectivity index (χ1v) is 9.24. The smallest absolute Gasteiger partial charge is 0.161 e. The molecule has 6 nitrogen and oxygen atoms in total. The van der Waals surface area contributed by atoms with Gasteiger partial charge >= 0.3 is 0 Å². The first-order chi connectivity index (χ1) is 13.3. The largest absolute Gasteiger partial charge is 0.488 e. The number of anilines is 1. The molecule has 0 bridgehead atoms. The molecule has 0 fully saturated rings. The van der Waals surface area contributed by atoms with Gasteiger partial charge in [-0.2, -0.15) is 0 Å². The Morgan fingerprint density at radius 2 is 1.96 bits per heavy atom. The number of para-hydroxylation sites is 1. The summed E-state index contributed by atoms with van der Waals surface area (Å²) in [6.07, 6.45) is 4.62. The molecular weight excluding hydrogens is 338 g/mol. The first kappa shape index (κ1) is 16.2. The van der Waals surface area contributed by atoms with Gasteiger partial charge in [0.15, 0.2) is 5.82 Å². The standard InChI is InChI=1S/C21H21N5O/c1-26(13-16-10-15-4-2-3-5-19(15)27-16)21-17-11-23-12-18(17)24-20(25-21)14-6-8-22-9-7-14/h2-9,16,23H,10-13H2,1H3. The van der Waals surface area contributed by atoms with Crippen LogP contribution in [0.3, 0.4) is 0 Å². The van der Waals surface area contributed by atoms with Crippen LogP contribution in [0.4, 0.5) is 5.82 Å². The van der Waals surface area contributed by atoms with Gasteiger partial charge in [0.05, 0.1) is 12.2 Å². The fraction of sp³-hybridized carbons (Fsp3) is 0.286. The number of hydrogen-bond acceptors (Lipinski definition) is 6. The van der Waals surface area contributed by atoms with Gasteiger partial charge in [0.1, 0.15) is 17.7 Å². The molecule has 0 saturated heterocycles. The lowest BCUT2D eigenvalue weighted by Gasteiger charge is -2.24. The average molecular weight is 359 g/mol. The highest BCUT2D eigenvalue weighted by molar-refractivity contribution is 5.60. The molecule has 136 valence electrons. The fourth-order valence-electron chi connectivity index (χ4n) is 3.84. The lowest BCUT2D eigenvalue weighted by Crippen LogP contribution is -2.33. The summed E-state index contributed by atoms with van der Waals surface area (Å²) in [5.74, 6) is 2.73. The van der Waals surface area contributed by atoms with Crippen molar-refractivity contribution in [3.8, 4) is 17.1 Å². The molecule has 2 aliphatic rings. The molecule has 0 saturated carbocycles. The molecule has 0 spiro atoms. The zero-order valence-corrected chi connectivity index (χ0v) is 15.2. The Balaban J connectivity index is 1.43. The molecule has 1 atom stereocenters. The van der Waals surface area contributed by atoms with Crippen LogP contribution in [0.15, 0.2) is 48.8 Å². The number of fused-ring (bicyclic) bond motifs is 2. The van der Waals surface area contributed by atoms with E-state index in [2.05, 4.69) is 34.4 Å². The van der Waals surface area contributed by atoms with Crippen molar-refractivity contribution in [1.29, 1.82) is 0 Å². The second kappa shape index (κ2) is 6.63. The normalized spacial score (nSPS) is 17.3. The molecule has 0 aliphatic carbocycles. The zero-order chi connectivity index (χ0) is 18.2. The highest BCUT2D eigenvalue weighted by atomic mass is 16.5. The van der Waals surface area contributed by atoms with Crippen LogP contribution in [0, 0.1) is 0 Å². The van der Waals surface area contributed by atoms with Crippen LogP contribution in [-0.4, -0.2) is 34.6 Å². The second-order valence-corrected chi connectivity index (χ2v) is 7.07. The van der Waals surface area contributed by atoms with Crippen molar-refractivity contribution in [3.63, 3.8) is 0 Å². The predicted octanol–water partition coefficient (Wildman–Crippen LogP) is 2.58. The molecule has 1 aromatic carbocycles. The lowest BCUT2D eigenvalue weighted by atomic mass is 10.1. The molecule has 5 rings (SSSR count). The maximum absolute atomic E-state index is 6.12. The first-order valence-electron chi connectivity index (χ1n) is 9.24. The fourth-order valence-corrected chi connectivity index (χ4v) is 3.84. The highest BCUT2D eigenvalue weighted by Gasteiger charge is 2.27. The van der Waals surface area contributed by atoms with Gasteiger partial charge in [-0.15, -0.1) is 0 Å². The van der Waals surface area contributed by atoms with Crippen molar-refractivity contribution in [2.24, 2.45) is 0 Å². The number of ether oxygens (including phenoxy) is 1. The van der Waals surface area contributed by atoms with Crippen LogP contribution in [0.25, 0.3) is 11.4 Å². The number of benzene rings is 1. The van der Waals surface area contributed by atoms with E-state index in [-0.39, 0.29) is 6.10 Å². The van der Waals surface area contributed by atoms with E-state index in [0.717, 1.165) is 54.7 Å². The summed E-state index contributed by atoms with van der Waals surface area (Å²) in [5.41, 5.74) is 4.53. The van der Waals surface area contributed by atoms with Crippen LogP contribution < -0.4 is 15.0 Å². The van der Waals surface area contributed by atoms with Crippen molar-refractivity contribution in [3.05, 3.63) is 65.6 Å². The monoisotopic (exact) mass is 359 g/mol. The highest BCUT2D eigenvalue weighted by Crippen LogP contribution is 2.31. The summed E-state index contributed by atoms with van der Waals surface area (Å²) >= 11 is 0. The molecule has 1 unspecified atom stereocenters. The number of hydrogen-bond donors (Lipinski definition) is 1. The Hall–Kier alpha value is -2.99. The number of pyridine rings is 1. The molecule has 6 heteroatoms. The molecule has 4 heterocycles. The van der Waals surface area contributed by atoms with Gasteiger partial charge in [-0.3, -0.25) is 4.98 Å². The van der Waals surface area contributed by atoms with Crippen molar-refractivity contribution in [2.75, 3.05) is 18.5 Å². The summed E-state index contributed by atoms with van der Waals surface area (Å²) in [6.45, 7) is 2.37. The number of likely N-dealkylation sites (N-methyl/N-ethyl adjacent to an activating group) is 1. The third-order valence-electron chi connectivity index (χ3n) is 5.16. The van der Waals surface area contributed by atoms with Crippen LogP contribution in [0.5, 0.6) is 5.75 Å². The topological polar surface area (TPSA) is 63.2 Å². The predicted molar refractivity (Wildman–Crippen MR) is 104 cm³/mol. The number of aromatic nitrogens is 3. The average Bonchev–Trinajstić information content (AvgIpc) is 3.33. The molecule has 2 aliphatic heterocycles. The lowest BCUT2D eigenvalue weighted by molar-refractivity contribution is 0.239. The van der Waals surface area contributed by atoms with Crippen molar-refractivity contribution < 1.29 is 4.74 Å². The number of nitrogens with zero attached hydrogens (tertiary/aromatic N) is 4. The van der Waals surface area contributed by atoms with Crippen molar-refractivity contribution in [2.45, 2.75) is 25.6 Å². The molecule has 1 N–H and O–H groups in total. The molecule has 3 aromatic rings. The van der Waals surface area contributed by atoms with Crippen molar-refractivity contribution >= 4 is 5.82 Å². The summed E-state index contributed by atoms with van der Waals surface area (Å²) < 4.78 is 6.12. The molecular formula is C21H21N5O. The van der Waals surface area contributed by atoms with E-state index in [9.17, 15) is 0 Å². The van der Waals surface area contributed by atoms with E-state index >= 15 is 0 Å². The van der Waals surface area contributed by atoms with Crippen LogP contribution in [-0.2, 0) is 19.5 Å². The minimum Gasteiger partial charge on any atom is -0.488 e.